The van der Waals surface area contributed by atoms with Crippen LogP contribution in [0.4, 0.5) is 0 Å². The summed E-state index contributed by atoms with van der Waals surface area (Å²) in [7, 11) is 0. The van der Waals surface area contributed by atoms with E-state index in [2.05, 4.69) is 0 Å². The van der Waals surface area contributed by atoms with Gasteiger partial charge in [0, 0.05) is 16.3 Å². The fourth-order valence-electron chi connectivity index (χ4n) is 1.68. The third-order valence-corrected chi connectivity index (χ3v) is 4.13. The molecule has 20 heavy (non-hydrogen) atoms. The van der Waals surface area contributed by atoms with Gasteiger partial charge >= 0.3 is 0 Å². The molecule has 0 heterocycles. The van der Waals surface area contributed by atoms with Crippen LogP contribution in [-0.4, -0.2) is 11.5 Å². The van der Waals surface area contributed by atoms with Gasteiger partial charge in [0.05, 0.1) is 17.4 Å². The molecule has 0 saturated heterocycles. The van der Waals surface area contributed by atoms with Gasteiger partial charge in [0.25, 0.3) is 0 Å². The number of carbonyl (C=O) groups excluding carboxylic acids is 1. The van der Waals surface area contributed by atoms with Crippen molar-refractivity contribution in [2.24, 2.45) is 0 Å². The van der Waals surface area contributed by atoms with Crippen LogP contribution < -0.4 is 0 Å². The fraction of sp³-hybridized carbons (Fsp3) is 0.125. The lowest BCUT2D eigenvalue weighted by Gasteiger charge is -2.04. The predicted octanol–water partition coefficient (Wildman–Crippen LogP) is 4.33. The van der Waals surface area contributed by atoms with E-state index >= 15 is 0 Å². The molecule has 0 radical (unpaired) electrons. The predicted molar refractivity (Wildman–Crippen MR) is 83.1 cm³/mol. The van der Waals surface area contributed by atoms with Crippen LogP contribution in [0.1, 0.15) is 21.5 Å². The summed E-state index contributed by atoms with van der Waals surface area (Å²) >= 11 is 7.60. The van der Waals surface area contributed by atoms with Crippen molar-refractivity contribution in [1.82, 2.24) is 0 Å². The molecule has 0 aliphatic carbocycles. The maximum absolute atomic E-state index is 12.0. The quantitative estimate of drug-likeness (QED) is 0.772. The minimum atomic E-state index is 0.0616. The van der Waals surface area contributed by atoms with Gasteiger partial charge in [-0.1, -0.05) is 41.9 Å². The van der Waals surface area contributed by atoms with Crippen molar-refractivity contribution < 1.29 is 4.79 Å². The van der Waals surface area contributed by atoms with Crippen molar-refractivity contribution in [2.45, 2.75) is 5.75 Å². The van der Waals surface area contributed by atoms with Crippen LogP contribution in [0.15, 0.2) is 48.5 Å². The number of Topliss-reactive ketones (excluding diaryl/α,β-unsaturated/α-hetero) is 1. The van der Waals surface area contributed by atoms with E-state index in [1.54, 1.807) is 24.3 Å². The molecule has 100 valence electrons. The van der Waals surface area contributed by atoms with Gasteiger partial charge in [-0.15, -0.1) is 11.8 Å². The Labute approximate surface area is 127 Å². The zero-order valence-corrected chi connectivity index (χ0v) is 12.2. The summed E-state index contributed by atoms with van der Waals surface area (Å²) in [6.07, 6.45) is 0. The molecule has 0 unspecified atom stereocenters. The molecule has 2 nitrogen and oxygen atoms in total. The Bertz CT molecular complexity index is 646. The Morgan fingerprint density at radius 2 is 1.85 bits per heavy atom. The third-order valence-electron chi connectivity index (χ3n) is 2.78. The topological polar surface area (TPSA) is 40.9 Å². The van der Waals surface area contributed by atoms with E-state index in [4.69, 9.17) is 16.9 Å². The van der Waals surface area contributed by atoms with Crippen molar-refractivity contribution >= 4 is 29.1 Å². The Morgan fingerprint density at radius 1 is 1.15 bits per heavy atom. The van der Waals surface area contributed by atoms with E-state index in [9.17, 15) is 4.79 Å². The lowest BCUT2D eigenvalue weighted by molar-refractivity contribution is 0.102. The van der Waals surface area contributed by atoms with Crippen LogP contribution in [0.3, 0.4) is 0 Å². The summed E-state index contributed by atoms with van der Waals surface area (Å²) < 4.78 is 0. The number of thioether (sulfide) groups is 1. The van der Waals surface area contributed by atoms with Crippen LogP contribution in [0.5, 0.6) is 0 Å². The van der Waals surface area contributed by atoms with Gasteiger partial charge in [-0.2, -0.15) is 5.26 Å². The summed E-state index contributed by atoms with van der Waals surface area (Å²) in [5.74, 6) is 1.17. The van der Waals surface area contributed by atoms with Crippen molar-refractivity contribution in [1.29, 1.82) is 5.26 Å². The number of nitrogens with zero attached hydrogens (tertiary/aromatic N) is 1. The molecule has 4 heteroatoms. The molecule has 0 aliphatic rings. The van der Waals surface area contributed by atoms with Crippen LogP contribution in [0, 0.1) is 11.3 Å². The Balaban J connectivity index is 1.89. The van der Waals surface area contributed by atoms with Gasteiger partial charge in [0.1, 0.15) is 0 Å². The first kappa shape index (κ1) is 14.6. The smallest absolute Gasteiger partial charge is 0.172 e. The van der Waals surface area contributed by atoms with Gasteiger partial charge < -0.3 is 0 Å². The number of carbonyl (C=O) groups is 1. The molecule has 2 rings (SSSR count). The molecular weight excluding hydrogens is 290 g/mol. The Morgan fingerprint density at radius 3 is 2.50 bits per heavy atom. The second kappa shape index (κ2) is 7.14. The highest BCUT2D eigenvalue weighted by Crippen LogP contribution is 2.21. The summed E-state index contributed by atoms with van der Waals surface area (Å²) in [5.41, 5.74) is 2.23. The largest absolute Gasteiger partial charge is 0.293 e. The highest BCUT2D eigenvalue weighted by atomic mass is 35.5. The zero-order chi connectivity index (χ0) is 14.4. The maximum atomic E-state index is 12.0. The number of benzene rings is 2. The molecule has 0 amide bonds. The SMILES string of the molecule is N#Cc1ccc(C(=O)CSCc2ccccc2Cl)cc1. The average Bonchev–Trinajstić information content (AvgIpc) is 2.49. The summed E-state index contributed by atoms with van der Waals surface area (Å²) in [6, 6.07) is 16.4. The van der Waals surface area contributed by atoms with E-state index in [0.717, 1.165) is 10.6 Å². The number of rotatable bonds is 5. The van der Waals surface area contributed by atoms with E-state index in [1.165, 1.54) is 11.8 Å². The number of hydrogen-bond donors (Lipinski definition) is 0. The van der Waals surface area contributed by atoms with E-state index in [1.807, 2.05) is 30.3 Å². The third kappa shape index (κ3) is 3.86. The normalized spacial score (nSPS) is 10.0. The van der Waals surface area contributed by atoms with Gasteiger partial charge in [0.2, 0.25) is 0 Å². The van der Waals surface area contributed by atoms with E-state index in [-0.39, 0.29) is 5.78 Å². The van der Waals surface area contributed by atoms with E-state index < -0.39 is 0 Å². The number of hydrogen-bond acceptors (Lipinski definition) is 3. The van der Waals surface area contributed by atoms with Crippen molar-refractivity contribution in [3.63, 3.8) is 0 Å². The summed E-state index contributed by atoms with van der Waals surface area (Å²) in [6.45, 7) is 0. The standard InChI is InChI=1S/C16H12ClNOS/c17-15-4-2-1-3-14(15)10-20-11-16(19)13-7-5-12(9-18)6-8-13/h1-8H,10-11H2. The highest BCUT2D eigenvalue weighted by Gasteiger charge is 2.07. The molecule has 0 bridgehead atoms. The second-order valence-corrected chi connectivity index (χ2v) is 5.59. The van der Waals surface area contributed by atoms with Gasteiger partial charge in [-0.25, -0.2) is 0 Å². The Kier molecular flexibility index (Phi) is 5.23. The van der Waals surface area contributed by atoms with Crippen molar-refractivity contribution in [2.75, 3.05) is 5.75 Å². The number of ketones is 1. The van der Waals surface area contributed by atoms with Crippen LogP contribution in [0.2, 0.25) is 5.02 Å². The lowest BCUT2D eigenvalue weighted by atomic mass is 10.1. The van der Waals surface area contributed by atoms with Crippen molar-refractivity contribution in [3.8, 4) is 6.07 Å². The molecule has 0 spiro atoms. The monoisotopic (exact) mass is 301 g/mol. The zero-order valence-electron chi connectivity index (χ0n) is 10.7. The molecule has 2 aromatic rings. The number of nitriles is 1. The molecule has 0 atom stereocenters. The van der Waals surface area contributed by atoms with E-state index in [0.29, 0.717) is 22.6 Å². The molecular formula is C16H12ClNOS. The maximum Gasteiger partial charge on any atom is 0.172 e. The molecule has 0 fully saturated rings. The first-order chi connectivity index (χ1) is 9.70. The molecule has 2 aromatic carbocycles. The minimum absolute atomic E-state index is 0.0616. The van der Waals surface area contributed by atoms with Crippen LogP contribution in [0.25, 0.3) is 0 Å². The number of halogens is 1. The lowest BCUT2D eigenvalue weighted by Crippen LogP contribution is -2.02. The fourth-order valence-corrected chi connectivity index (χ4v) is 2.89. The average molecular weight is 302 g/mol. The Hall–Kier alpha value is -1.76. The molecule has 0 aromatic heterocycles. The second-order valence-electron chi connectivity index (χ2n) is 4.20. The summed E-state index contributed by atoms with van der Waals surface area (Å²) in [5, 5.41) is 9.44. The van der Waals surface area contributed by atoms with Gasteiger partial charge in [-0.3, -0.25) is 4.79 Å². The van der Waals surface area contributed by atoms with Crippen molar-refractivity contribution in [3.05, 3.63) is 70.2 Å². The molecule has 0 N–H and O–H groups in total. The molecule has 0 aliphatic heterocycles. The first-order valence-electron chi connectivity index (χ1n) is 6.05. The van der Waals surface area contributed by atoms with Gasteiger partial charge in [-0.05, 0) is 23.8 Å². The molecule has 0 saturated carbocycles. The van der Waals surface area contributed by atoms with Crippen LogP contribution in [-0.2, 0) is 5.75 Å². The minimum Gasteiger partial charge on any atom is -0.293 e. The van der Waals surface area contributed by atoms with Gasteiger partial charge in [0.15, 0.2) is 5.78 Å². The highest BCUT2D eigenvalue weighted by molar-refractivity contribution is 7.99. The first-order valence-corrected chi connectivity index (χ1v) is 7.58. The van der Waals surface area contributed by atoms with Crippen LogP contribution >= 0.6 is 23.4 Å². The summed E-state index contributed by atoms with van der Waals surface area (Å²) in [4.78, 5) is 12.0.